The number of amides is 1. The molecule has 1 aliphatic rings. The highest BCUT2D eigenvalue weighted by Gasteiger charge is 2.44. The van der Waals surface area contributed by atoms with E-state index in [1.165, 1.54) is 4.90 Å². The van der Waals surface area contributed by atoms with E-state index in [0.29, 0.717) is 24.6 Å². The van der Waals surface area contributed by atoms with Crippen molar-refractivity contribution in [3.63, 3.8) is 0 Å². The fourth-order valence-corrected chi connectivity index (χ4v) is 3.04. The number of likely N-dealkylation sites (N-methyl/N-ethyl adjacent to an activating group) is 1. The summed E-state index contributed by atoms with van der Waals surface area (Å²) in [4.78, 5) is 28.6. The van der Waals surface area contributed by atoms with Gasteiger partial charge in [0.25, 0.3) is 5.91 Å². The Bertz CT molecular complexity index is 643. The first-order valence-corrected chi connectivity index (χ1v) is 8.50. The monoisotopic (exact) mass is 334 g/mol. The molecule has 1 N–H and O–H groups in total. The molecule has 24 heavy (non-hydrogen) atoms. The first-order valence-electron chi connectivity index (χ1n) is 8.50. The van der Waals surface area contributed by atoms with Crippen molar-refractivity contribution in [2.45, 2.75) is 40.2 Å². The van der Waals surface area contributed by atoms with Gasteiger partial charge in [-0.2, -0.15) is 0 Å². The van der Waals surface area contributed by atoms with E-state index in [0.717, 1.165) is 13.1 Å². The van der Waals surface area contributed by atoms with Crippen LogP contribution in [0.2, 0.25) is 0 Å². The lowest BCUT2D eigenvalue weighted by Crippen LogP contribution is -2.38. The lowest BCUT2D eigenvalue weighted by Gasteiger charge is -2.27. The number of aryl methyl sites for hydroxylation is 1. The summed E-state index contributed by atoms with van der Waals surface area (Å²) in [5.74, 6) is 0.0424. The van der Waals surface area contributed by atoms with Crippen molar-refractivity contribution in [1.82, 2.24) is 9.80 Å². The minimum Gasteiger partial charge on any atom is -0.503 e. The van der Waals surface area contributed by atoms with Gasteiger partial charge < -0.3 is 19.3 Å². The summed E-state index contributed by atoms with van der Waals surface area (Å²) in [6.45, 7) is 10.5. The van der Waals surface area contributed by atoms with Gasteiger partial charge in [-0.25, -0.2) is 0 Å². The Kier molecular flexibility index (Phi) is 5.83. The first kappa shape index (κ1) is 18.3. The van der Waals surface area contributed by atoms with Crippen LogP contribution in [0, 0.1) is 6.92 Å². The number of aliphatic hydroxyl groups excluding tert-OH is 1. The van der Waals surface area contributed by atoms with Gasteiger partial charge in [-0.1, -0.05) is 20.8 Å². The second kappa shape index (κ2) is 7.66. The molecule has 0 saturated carbocycles. The van der Waals surface area contributed by atoms with Crippen molar-refractivity contribution in [2.75, 3.05) is 26.2 Å². The summed E-state index contributed by atoms with van der Waals surface area (Å²) >= 11 is 0. The van der Waals surface area contributed by atoms with Crippen LogP contribution in [0.15, 0.2) is 27.9 Å². The number of ketones is 1. The highest BCUT2D eigenvalue weighted by atomic mass is 16.3. The molecule has 1 unspecified atom stereocenters. The fourth-order valence-electron chi connectivity index (χ4n) is 3.04. The van der Waals surface area contributed by atoms with E-state index in [1.54, 1.807) is 19.1 Å². The molecule has 1 atom stereocenters. The largest absolute Gasteiger partial charge is 0.503 e. The van der Waals surface area contributed by atoms with E-state index in [9.17, 15) is 14.7 Å². The molecule has 0 radical (unpaired) electrons. The summed E-state index contributed by atoms with van der Waals surface area (Å²) in [6, 6.07) is 2.92. The predicted molar refractivity (Wildman–Crippen MR) is 90.6 cm³/mol. The van der Waals surface area contributed by atoms with E-state index in [4.69, 9.17) is 4.42 Å². The predicted octanol–water partition coefficient (Wildman–Crippen LogP) is 2.60. The van der Waals surface area contributed by atoms with E-state index in [1.807, 2.05) is 6.92 Å². The van der Waals surface area contributed by atoms with E-state index in [2.05, 4.69) is 18.7 Å². The number of furan rings is 1. The Morgan fingerprint density at radius 3 is 2.46 bits per heavy atom. The second-order valence-corrected chi connectivity index (χ2v) is 5.92. The third-order valence-electron chi connectivity index (χ3n) is 4.51. The quantitative estimate of drug-likeness (QED) is 0.791. The van der Waals surface area contributed by atoms with Gasteiger partial charge in [-0.3, -0.25) is 9.59 Å². The van der Waals surface area contributed by atoms with Crippen LogP contribution in [-0.2, 0) is 9.59 Å². The number of rotatable bonds is 8. The van der Waals surface area contributed by atoms with Crippen LogP contribution < -0.4 is 0 Å². The number of hydrogen-bond acceptors (Lipinski definition) is 5. The molecule has 1 aromatic rings. The van der Waals surface area contributed by atoms with E-state index >= 15 is 0 Å². The first-order chi connectivity index (χ1) is 11.4. The van der Waals surface area contributed by atoms with Gasteiger partial charge in [0.05, 0.1) is 5.57 Å². The molecule has 6 heteroatoms. The van der Waals surface area contributed by atoms with Gasteiger partial charge in [0.1, 0.15) is 17.6 Å². The molecular weight excluding hydrogens is 308 g/mol. The Morgan fingerprint density at radius 2 is 1.96 bits per heavy atom. The van der Waals surface area contributed by atoms with E-state index < -0.39 is 17.7 Å². The van der Waals surface area contributed by atoms with Crippen LogP contribution in [0.4, 0.5) is 0 Å². The molecular formula is C18H26N2O4. The van der Waals surface area contributed by atoms with Crippen LogP contribution in [0.25, 0.3) is 0 Å². The Hall–Kier alpha value is -2.08. The molecule has 1 aromatic heterocycles. The molecule has 0 aromatic carbocycles. The summed E-state index contributed by atoms with van der Waals surface area (Å²) < 4.78 is 5.67. The number of nitrogens with zero attached hydrogens (tertiary/aromatic N) is 2. The van der Waals surface area contributed by atoms with Crippen molar-refractivity contribution >= 4 is 11.7 Å². The maximum atomic E-state index is 12.5. The Balaban J connectivity index is 2.35. The molecule has 2 heterocycles. The van der Waals surface area contributed by atoms with Crippen molar-refractivity contribution in [3.05, 3.63) is 35.0 Å². The average molecular weight is 334 g/mol. The van der Waals surface area contributed by atoms with Crippen LogP contribution >= 0.6 is 0 Å². The molecule has 2 rings (SSSR count). The molecule has 6 nitrogen and oxygen atoms in total. The molecule has 0 aliphatic carbocycles. The SMILES string of the molecule is CCC(=O)C1=C(O)C(=O)N(CCN(CC)CC)C1c1ccc(C)o1. The maximum Gasteiger partial charge on any atom is 0.290 e. The number of hydrogen-bond donors (Lipinski definition) is 1. The standard InChI is InChI=1S/C18H26N2O4/c1-5-13(21)15-16(14-9-8-12(4)24-14)20(18(23)17(15)22)11-10-19(6-2)7-3/h8-9,16,22H,5-7,10-11H2,1-4H3. The average Bonchev–Trinajstić information content (AvgIpc) is 3.11. The topological polar surface area (TPSA) is 74.0 Å². The second-order valence-electron chi connectivity index (χ2n) is 5.92. The molecule has 0 saturated heterocycles. The Labute approximate surface area is 142 Å². The Morgan fingerprint density at radius 1 is 1.29 bits per heavy atom. The van der Waals surface area contributed by atoms with Gasteiger partial charge in [0.2, 0.25) is 0 Å². The van der Waals surface area contributed by atoms with Gasteiger partial charge >= 0.3 is 0 Å². The zero-order chi connectivity index (χ0) is 17.9. The summed E-state index contributed by atoms with van der Waals surface area (Å²) in [5, 5.41) is 10.3. The highest BCUT2D eigenvalue weighted by molar-refractivity contribution is 6.08. The molecule has 0 fully saturated rings. The minimum atomic E-state index is -0.644. The fraction of sp³-hybridized carbons (Fsp3) is 0.556. The van der Waals surface area contributed by atoms with Crippen molar-refractivity contribution in [1.29, 1.82) is 0 Å². The number of Topliss-reactive ketones (excluding diaryl/α,β-unsaturated/α-hetero) is 1. The van der Waals surface area contributed by atoms with Crippen LogP contribution in [-0.4, -0.2) is 52.8 Å². The van der Waals surface area contributed by atoms with Crippen LogP contribution in [0.5, 0.6) is 0 Å². The molecule has 0 bridgehead atoms. The molecule has 0 spiro atoms. The smallest absolute Gasteiger partial charge is 0.290 e. The van der Waals surface area contributed by atoms with Gasteiger partial charge in [0, 0.05) is 19.5 Å². The maximum absolute atomic E-state index is 12.5. The third-order valence-corrected chi connectivity index (χ3v) is 4.51. The number of aliphatic hydroxyl groups is 1. The highest BCUT2D eigenvalue weighted by Crippen LogP contribution is 2.38. The number of carbonyl (C=O) groups excluding carboxylic acids is 2. The summed E-state index contributed by atoms with van der Waals surface area (Å²) in [6.07, 6.45) is 0.229. The number of carbonyl (C=O) groups is 2. The zero-order valence-electron chi connectivity index (χ0n) is 14.8. The molecule has 1 aliphatic heterocycles. The van der Waals surface area contributed by atoms with E-state index in [-0.39, 0.29) is 17.8 Å². The lowest BCUT2D eigenvalue weighted by molar-refractivity contribution is -0.129. The van der Waals surface area contributed by atoms with Gasteiger partial charge in [-0.05, 0) is 32.1 Å². The molecule has 132 valence electrons. The van der Waals surface area contributed by atoms with Crippen LogP contribution in [0.3, 0.4) is 0 Å². The third kappa shape index (κ3) is 3.38. The lowest BCUT2D eigenvalue weighted by atomic mass is 10.00. The van der Waals surface area contributed by atoms with Crippen molar-refractivity contribution in [3.8, 4) is 0 Å². The van der Waals surface area contributed by atoms with Gasteiger partial charge in [0.15, 0.2) is 11.5 Å². The normalized spacial score (nSPS) is 18.1. The zero-order valence-corrected chi connectivity index (χ0v) is 14.8. The minimum absolute atomic E-state index is 0.149. The van der Waals surface area contributed by atoms with Crippen molar-refractivity contribution < 1.29 is 19.1 Å². The van der Waals surface area contributed by atoms with Gasteiger partial charge in [-0.15, -0.1) is 0 Å². The van der Waals surface area contributed by atoms with Crippen molar-refractivity contribution in [2.24, 2.45) is 0 Å². The summed E-state index contributed by atoms with van der Waals surface area (Å²) in [5.41, 5.74) is 0.149. The van der Waals surface area contributed by atoms with Crippen LogP contribution in [0.1, 0.15) is 44.8 Å². The summed E-state index contributed by atoms with van der Waals surface area (Å²) in [7, 11) is 0. The molecule has 1 amide bonds.